The summed E-state index contributed by atoms with van der Waals surface area (Å²) in [6, 6.07) is 18.2. The largest absolute Gasteiger partial charge is 0.486 e. The summed E-state index contributed by atoms with van der Waals surface area (Å²) in [4.78, 5) is 31.6. The Balaban J connectivity index is 1.50. The molecule has 6 rings (SSSR count). The summed E-state index contributed by atoms with van der Waals surface area (Å²) in [6.45, 7) is 0.262. The van der Waals surface area contributed by atoms with Crippen LogP contribution in [0, 0.1) is 0 Å². The third-order valence-corrected chi connectivity index (χ3v) is 6.95. The van der Waals surface area contributed by atoms with Crippen molar-refractivity contribution >= 4 is 22.8 Å². The molecule has 11 heteroatoms. The molecule has 2 aromatic heterocycles. The summed E-state index contributed by atoms with van der Waals surface area (Å²) in [6.07, 6.45) is -1.07. The zero-order chi connectivity index (χ0) is 27.1. The Hall–Kier alpha value is -4.45. The van der Waals surface area contributed by atoms with Crippen LogP contribution < -0.4 is 4.74 Å². The van der Waals surface area contributed by atoms with Crippen LogP contribution in [-0.4, -0.2) is 68.0 Å². The van der Waals surface area contributed by atoms with Crippen LogP contribution in [-0.2, 0) is 25.0 Å². The van der Waals surface area contributed by atoms with E-state index >= 15 is 0 Å². The van der Waals surface area contributed by atoms with Gasteiger partial charge >= 0.3 is 17.8 Å². The van der Waals surface area contributed by atoms with Crippen molar-refractivity contribution in [3.63, 3.8) is 0 Å². The zero-order valence-corrected chi connectivity index (χ0v) is 20.8. The number of aliphatic hydroxyl groups is 2. The number of rotatable bonds is 3. The van der Waals surface area contributed by atoms with Crippen LogP contribution in [0.4, 0.5) is 0 Å². The molecule has 1 fully saturated rings. The highest BCUT2D eigenvalue weighted by Crippen LogP contribution is 2.44. The molecule has 11 nitrogen and oxygen atoms in total. The molecule has 2 aliphatic heterocycles. The normalized spacial score (nSPS) is 25.4. The van der Waals surface area contributed by atoms with Gasteiger partial charge in [-0.1, -0.05) is 18.2 Å². The van der Waals surface area contributed by atoms with Gasteiger partial charge in [0.15, 0.2) is 12.2 Å². The van der Waals surface area contributed by atoms with E-state index in [2.05, 4.69) is 15.2 Å². The van der Waals surface area contributed by atoms with Crippen LogP contribution in [0.3, 0.4) is 0 Å². The van der Waals surface area contributed by atoms with E-state index in [0.29, 0.717) is 29.0 Å². The van der Waals surface area contributed by atoms with Gasteiger partial charge in [-0.05, 0) is 43.4 Å². The van der Waals surface area contributed by atoms with E-state index in [1.807, 2.05) is 36.4 Å². The molecular weight excluding hydrogens is 504 g/mol. The number of hydrogen-bond donors (Lipinski definition) is 2. The molecule has 1 spiro atoms. The number of aromatic nitrogens is 3. The first-order valence-corrected chi connectivity index (χ1v) is 12.3. The fourth-order valence-electron chi connectivity index (χ4n) is 4.89. The van der Waals surface area contributed by atoms with Crippen molar-refractivity contribution < 1.29 is 34.0 Å². The average Bonchev–Trinajstić information content (AvgIpc) is 3.12. The van der Waals surface area contributed by atoms with Crippen LogP contribution in [0.5, 0.6) is 5.75 Å². The summed E-state index contributed by atoms with van der Waals surface area (Å²) >= 11 is 0. The fourth-order valence-corrected chi connectivity index (χ4v) is 4.89. The Kier molecular flexibility index (Phi) is 6.18. The SMILES string of the molecule is CN1CCC(Oc2ccc3cccnc3c2)c2ccc(-c3cccnn3)cc2C12OC(=O)C(O)C(O)C(=O)O2. The van der Waals surface area contributed by atoms with Gasteiger partial charge in [-0.15, -0.1) is 0 Å². The lowest BCUT2D eigenvalue weighted by Gasteiger charge is -2.38. The van der Waals surface area contributed by atoms with Crippen LogP contribution in [0.25, 0.3) is 22.2 Å². The van der Waals surface area contributed by atoms with Gasteiger partial charge in [0.05, 0.1) is 16.8 Å². The maximum atomic E-state index is 12.8. The lowest BCUT2D eigenvalue weighted by Crippen LogP contribution is -2.50. The van der Waals surface area contributed by atoms with E-state index in [1.165, 1.54) is 4.90 Å². The molecule has 3 unspecified atom stereocenters. The minimum atomic E-state index is -2.10. The van der Waals surface area contributed by atoms with Crippen LogP contribution in [0.15, 0.2) is 73.1 Å². The molecule has 2 aromatic carbocycles. The van der Waals surface area contributed by atoms with Gasteiger partial charge in [0, 0.05) is 47.9 Å². The van der Waals surface area contributed by atoms with E-state index in [9.17, 15) is 19.8 Å². The molecule has 1 saturated heterocycles. The lowest BCUT2D eigenvalue weighted by atomic mass is 9.95. The smallest absolute Gasteiger partial charge is 0.349 e. The Morgan fingerprint density at radius 3 is 2.49 bits per heavy atom. The summed E-state index contributed by atoms with van der Waals surface area (Å²) < 4.78 is 17.8. The maximum Gasteiger partial charge on any atom is 0.349 e. The van der Waals surface area contributed by atoms with Crippen molar-refractivity contribution in [3.8, 4) is 17.0 Å². The van der Waals surface area contributed by atoms with Gasteiger partial charge in [0.25, 0.3) is 0 Å². The highest BCUT2D eigenvalue weighted by atomic mass is 16.8. The molecule has 4 aromatic rings. The summed E-state index contributed by atoms with van der Waals surface area (Å²) in [5, 5.41) is 29.4. The second-order valence-electron chi connectivity index (χ2n) is 9.40. The molecule has 0 saturated carbocycles. The third kappa shape index (κ3) is 4.36. The molecule has 2 N–H and O–H groups in total. The molecular formula is C28H24N4O7. The summed E-state index contributed by atoms with van der Waals surface area (Å²) in [5.74, 6) is -3.90. The number of ether oxygens (including phenoxy) is 3. The standard InChI is InChI=1S/C28H24N4O7/c1-32-13-10-23(37-18-8-6-16-4-2-11-29-22(16)15-18)19-9-7-17(21-5-3-12-30-31-21)14-20(19)28(32)38-26(35)24(33)25(34)27(36)39-28/h2-9,11-12,14-15,23-25,33-34H,10,13H2,1H3. The average molecular weight is 529 g/mol. The van der Waals surface area contributed by atoms with E-state index in [-0.39, 0.29) is 12.1 Å². The minimum Gasteiger partial charge on any atom is -0.486 e. The number of aliphatic hydroxyl groups excluding tert-OH is 2. The topological polar surface area (TPSA) is 144 Å². The van der Waals surface area contributed by atoms with Crippen LogP contribution in [0.1, 0.15) is 23.7 Å². The molecule has 3 atom stereocenters. The van der Waals surface area contributed by atoms with E-state index < -0.39 is 36.2 Å². The quantitative estimate of drug-likeness (QED) is 0.377. The number of esters is 2. The minimum absolute atomic E-state index is 0.262. The fraction of sp³-hybridized carbons (Fsp3) is 0.250. The monoisotopic (exact) mass is 528 g/mol. The second-order valence-corrected chi connectivity index (χ2v) is 9.40. The van der Waals surface area contributed by atoms with Crippen molar-refractivity contribution in [2.24, 2.45) is 0 Å². The predicted molar refractivity (Wildman–Crippen MR) is 136 cm³/mol. The molecule has 0 amide bonds. The van der Waals surface area contributed by atoms with Crippen molar-refractivity contribution in [1.29, 1.82) is 0 Å². The number of hydrogen-bond acceptors (Lipinski definition) is 11. The van der Waals surface area contributed by atoms with Crippen LogP contribution >= 0.6 is 0 Å². The Bertz CT molecular complexity index is 1540. The molecule has 2 aliphatic rings. The molecule has 39 heavy (non-hydrogen) atoms. The van der Waals surface area contributed by atoms with Gasteiger partial charge < -0.3 is 24.4 Å². The maximum absolute atomic E-state index is 12.8. The molecule has 198 valence electrons. The van der Waals surface area contributed by atoms with Gasteiger partial charge in [-0.25, -0.2) is 14.5 Å². The molecule has 0 radical (unpaired) electrons. The Morgan fingerprint density at radius 2 is 1.74 bits per heavy atom. The van der Waals surface area contributed by atoms with Gasteiger partial charge in [-0.3, -0.25) is 4.98 Å². The van der Waals surface area contributed by atoms with Crippen molar-refractivity contribution in [2.45, 2.75) is 30.6 Å². The first-order valence-electron chi connectivity index (χ1n) is 12.3. The number of fused-ring (bicyclic) bond motifs is 3. The highest BCUT2D eigenvalue weighted by Gasteiger charge is 2.55. The summed E-state index contributed by atoms with van der Waals surface area (Å²) in [5.41, 5.74) is 2.79. The number of carbonyl (C=O) groups excluding carboxylic acids is 2. The number of pyridine rings is 1. The number of nitrogens with zero attached hydrogens (tertiary/aromatic N) is 4. The first-order chi connectivity index (χ1) is 18.9. The zero-order valence-electron chi connectivity index (χ0n) is 20.8. The first kappa shape index (κ1) is 24.9. The van der Waals surface area contributed by atoms with Crippen molar-refractivity contribution in [2.75, 3.05) is 13.6 Å². The second kappa shape index (κ2) is 9.70. The number of benzene rings is 2. The Morgan fingerprint density at radius 1 is 0.974 bits per heavy atom. The molecule has 0 aliphatic carbocycles. The van der Waals surface area contributed by atoms with Gasteiger partial charge in [0.1, 0.15) is 11.9 Å². The summed E-state index contributed by atoms with van der Waals surface area (Å²) in [7, 11) is 1.62. The van der Waals surface area contributed by atoms with E-state index in [1.54, 1.807) is 43.7 Å². The van der Waals surface area contributed by atoms with Crippen LogP contribution in [0.2, 0.25) is 0 Å². The van der Waals surface area contributed by atoms with Gasteiger partial charge in [-0.2, -0.15) is 10.2 Å². The molecule has 4 heterocycles. The Labute approximate surface area is 222 Å². The predicted octanol–water partition coefficient (Wildman–Crippen LogP) is 2.08. The third-order valence-electron chi connectivity index (χ3n) is 6.95. The number of carbonyl (C=O) groups is 2. The van der Waals surface area contributed by atoms with E-state index in [0.717, 1.165) is 10.9 Å². The van der Waals surface area contributed by atoms with Crippen molar-refractivity contribution in [1.82, 2.24) is 20.1 Å². The molecule has 0 bridgehead atoms. The van der Waals surface area contributed by atoms with Gasteiger partial charge in [0.2, 0.25) is 0 Å². The highest BCUT2D eigenvalue weighted by molar-refractivity contribution is 5.87. The van der Waals surface area contributed by atoms with Crippen molar-refractivity contribution in [3.05, 3.63) is 84.2 Å². The van der Waals surface area contributed by atoms with E-state index in [4.69, 9.17) is 14.2 Å². The lowest BCUT2D eigenvalue weighted by molar-refractivity contribution is -0.288.